The number of hydrogen-bond donors (Lipinski definition) is 2. The second-order valence-electron chi connectivity index (χ2n) is 5.41. The van der Waals surface area contributed by atoms with Crippen LogP contribution in [0.25, 0.3) is 0 Å². The number of rotatable bonds is 4. The summed E-state index contributed by atoms with van der Waals surface area (Å²) in [5.41, 5.74) is 4.20. The summed E-state index contributed by atoms with van der Waals surface area (Å²) in [6.45, 7) is 2.28. The van der Waals surface area contributed by atoms with E-state index in [2.05, 4.69) is 12.3 Å². The minimum Gasteiger partial charge on any atom is -0.271 e. The van der Waals surface area contributed by atoms with Gasteiger partial charge in [0.05, 0.1) is 0 Å². The average Bonchev–Trinajstić information content (AvgIpc) is 2.74. The standard InChI is InChI=1S/C14H21FN2/c1-14(7-2-3-8-14)13(17-16)10-11-5-4-6-12(15)9-11/h4-6,9,13,17H,2-3,7-8,10,16H2,1H3. The van der Waals surface area contributed by atoms with Gasteiger partial charge in [-0.15, -0.1) is 0 Å². The fourth-order valence-corrected chi connectivity index (χ4v) is 2.94. The van der Waals surface area contributed by atoms with Crippen LogP contribution in [0.15, 0.2) is 24.3 Å². The van der Waals surface area contributed by atoms with Crippen molar-refractivity contribution in [1.29, 1.82) is 0 Å². The van der Waals surface area contributed by atoms with Crippen LogP contribution >= 0.6 is 0 Å². The Balaban J connectivity index is 2.09. The highest BCUT2D eigenvalue weighted by molar-refractivity contribution is 5.18. The van der Waals surface area contributed by atoms with E-state index in [0.717, 1.165) is 12.0 Å². The molecule has 0 spiro atoms. The lowest BCUT2D eigenvalue weighted by molar-refractivity contribution is 0.220. The predicted octanol–water partition coefficient (Wildman–Crippen LogP) is 2.78. The number of benzene rings is 1. The topological polar surface area (TPSA) is 38.0 Å². The van der Waals surface area contributed by atoms with Gasteiger partial charge in [-0.25, -0.2) is 4.39 Å². The van der Waals surface area contributed by atoms with E-state index >= 15 is 0 Å². The second kappa shape index (κ2) is 5.15. The third kappa shape index (κ3) is 2.85. The molecule has 1 aromatic carbocycles. The Labute approximate surface area is 102 Å². The first kappa shape index (κ1) is 12.5. The van der Waals surface area contributed by atoms with Crippen LogP contribution in [0, 0.1) is 11.2 Å². The summed E-state index contributed by atoms with van der Waals surface area (Å²) in [5.74, 6) is 5.51. The van der Waals surface area contributed by atoms with Crippen LogP contribution in [0.5, 0.6) is 0 Å². The monoisotopic (exact) mass is 236 g/mol. The molecule has 3 heteroatoms. The summed E-state index contributed by atoms with van der Waals surface area (Å²) in [6, 6.07) is 7.03. The van der Waals surface area contributed by atoms with Crippen LogP contribution in [0.2, 0.25) is 0 Å². The Kier molecular flexibility index (Phi) is 3.79. The highest BCUT2D eigenvalue weighted by Crippen LogP contribution is 2.41. The molecule has 94 valence electrons. The van der Waals surface area contributed by atoms with Gasteiger partial charge in [-0.3, -0.25) is 11.3 Å². The fourth-order valence-electron chi connectivity index (χ4n) is 2.94. The van der Waals surface area contributed by atoms with Crippen molar-refractivity contribution in [3.8, 4) is 0 Å². The zero-order valence-corrected chi connectivity index (χ0v) is 10.4. The lowest BCUT2D eigenvalue weighted by Gasteiger charge is -2.33. The smallest absolute Gasteiger partial charge is 0.123 e. The third-order valence-electron chi connectivity index (χ3n) is 4.12. The maximum atomic E-state index is 13.1. The second-order valence-corrected chi connectivity index (χ2v) is 5.41. The van der Waals surface area contributed by atoms with Crippen molar-refractivity contribution in [2.24, 2.45) is 11.3 Å². The molecule has 2 nitrogen and oxygen atoms in total. The summed E-state index contributed by atoms with van der Waals surface area (Å²) in [4.78, 5) is 0. The molecular weight excluding hydrogens is 215 g/mol. The van der Waals surface area contributed by atoms with E-state index in [4.69, 9.17) is 5.84 Å². The molecule has 1 aliphatic carbocycles. The minimum atomic E-state index is -0.171. The van der Waals surface area contributed by atoms with E-state index in [-0.39, 0.29) is 17.3 Å². The van der Waals surface area contributed by atoms with Crippen molar-refractivity contribution in [2.75, 3.05) is 0 Å². The van der Waals surface area contributed by atoms with Gasteiger partial charge in [0.2, 0.25) is 0 Å². The van der Waals surface area contributed by atoms with Crippen LogP contribution in [0.4, 0.5) is 4.39 Å². The molecule has 0 radical (unpaired) electrons. The van der Waals surface area contributed by atoms with E-state index in [0.29, 0.717) is 0 Å². The lowest BCUT2D eigenvalue weighted by atomic mass is 9.78. The Morgan fingerprint density at radius 3 is 2.71 bits per heavy atom. The van der Waals surface area contributed by atoms with Crippen molar-refractivity contribution in [3.63, 3.8) is 0 Å². The zero-order valence-electron chi connectivity index (χ0n) is 10.4. The van der Waals surface area contributed by atoms with Gasteiger partial charge in [-0.2, -0.15) is 0 Å². The first-order chi connectivity index (χ1) is 8.14. The molecule has 1 unspecified atom stereocenters. The SMILES string of the molecule is CC1(C(Cc2cccc(F)c2)NN)CCCC1. The molecule has 0 aliphatic heterocycles. The highest BCUT2D eigenvalue weighted by atomic mass is 19.1. The van der Waals surface area contributed by atoms with E-state index in [1.54, 1.807) is 12.1 Å². The van der Waals surface area contributed by atoms with Crippen molar-refractivity contribution in [3.05, 3.63) is 35.6 Å². The van der Waals surface area contributed by atoms with Gasteiger partial charge in [0.1, 0.15) is 5.82 Å². The molecule has 1 fully saturated rings. The molecule has 1 aromatic rings. The lowest BCUT2D eigenvalue weighted by Crippen LogP contribution is -2.47. The number of hydrogen-bond acceptors (Lipinski definition) is 2. The summed E-state index contributed by atoms with van der Waals surface area (Å²) < 4.78 is 13.1. The highest BCUT2D eigenvalue weighted by Gasteiger charge is 2.36. The molecule has 1 atom stereocenters. The van der Waals surface area contributed by atoms with E-state index in [1.165, 1.54) is 31.7 Å². The molecule has 2 rings (SSSR count). The van der Waals surface area contributed by atoms with Gasteiger partial charge in [0, 0.05) is 6.04 Å². The number of nitrogens with two attached hydrogens (primary N) is 1. The third-order valence-corrected chi connectivity index (χ3v) is 4.12. The normalized spacial score (nSPS) is 20.4. The quantitative estimate of drug-likeness (QED) is 0.623. The van der Waals surface area contributed by atoms with Crippen LogP contribution in [0.3, 0.4) is 0 Å². The maximum absolute atomic E-state index is 13.1. The van der Waals surface area contributed by atoms with Crippen molar-refractivity contribution in [2.45, 2.75) is 45.1 Å². The molecular formula is C14H21FN2. The van der Waals surface area contributed by atoms with Gasteiger partial charge >= 0.3 is 0 Å². The van der Waals surface area contributed by atoms with Crippen molar-refractivity contribution >= 4 is 0 Å². The van der Waals surface area contributed by atoms with Crippen LogP contribution in [0.1, 0.15) is 38.2 Å². The molecule has 0 saturated heterocycles. The summed E-state index contributed by atoms with van der Waals surface area (Å²) >= 11 is 0. The molecule has 3 N–H and O–H groups in total. The first-order valence-electron chi connectivity index (χ1n) is 6.35. The maximum Gasteiger partial charge on any atom is 0.123 e. The van der Waals surface area contributed by atoms with Crippen molar-refractivity contribution < 1.29 is 4.39 Å². The Morgan fingerprint density at radius 1 is 1.41 bits per heavy atom. The van der Waals surface area contributed by atoms with E-state index < -0.39 is 0 Å². The number of nitrogens with one attached hydrogen (secondary N) is 1. The molecule has 0 heterocycles. The van der Waals surface area contributed by atoms with Crippen LogP contribution in [-0.2, 0) is 6.42 Å². The van der Waals surface area contributed by atoms with Gasteiger partial charge in [0.25, 0.3) is 0 Å². The molecule has 1 saturated carbocycles. The fraction of sp³-hybridized carbons (Fsp3) is 0.571. The van der Waals surface area contributed by atoms with E-state index in [9.17, 15) is 4.39 Å². The Bertz CT molecular complexity index is 372. The van der Waals surface area contributed by atoms with Crippen LogP contribution < -0.4 is 11.3 Å². The van der Waals surface area contributed by atoms with Gasteiger partial charge in [0.15, 0.2) is 0 Å². The van der Waals surface area contributed by atoms with Gasteiger partial charge < -0.3 is 0 Å². The molecule has 0 bridgehead atoms. The summed E-state index contributed by atoms with van der Waals surface area (Å²) in [7, 11) is 0. The first-order valence-corrected chi connectivity index (χ1v) is 6.35. The van der Waals surface area contributed by atoms with E-state index in [1.807, 2.05) is 6.07 Å². The molecule has 17 heavy (non-hydrogen) atoms. The predicted molar refractivity (Wildman–Crippen MR) is 67.8 cm³/mol. The van der Waals surface area contributed by atoms with Crippen molar-refractivity contribution in [1.82, 2.24) is 5.43 Å². The minimum absolute atomic E-state index is 0.171. The Morgan fingerprint density at radius 2 is 2.12 bits per heavy atom. The van der Waals surface area contributed by atoms with Gasteiger partial charge in [-0.05, 0) is 42.4 Å². The van der Waals surface area contributed by atoms with Gasteiger partial charge in [-0.1, -0.05) is 31.9 Å². The number of hydrazine groups is 1. The molecule has 1 aliphatic rings. The summed E-state index contributed by atoms with van der Waals surface area (Å²) in [5, 5.41) is 0. The largest absolute Gasteiger partial charge is 0.271 e. The van der Waals surface area contributed by atoms with Crippen LogP contribution in [-0.4, -0.2) is 6.04 Å². The molecule has 0 aromatic heterocycles. The Hall–Kier alpha value is -0.930. The zero-order chi connectivity index (χ0) is 12.3. The number of halogens is 1. The summed E-state index contributed by atoms with van der Waals surface area (Å²) in [6.07, 6.45) is 5.76. The average molecular weight is 236 g/mol. The molecule has 0 amide bonds.